The van der Waals surface area contributed by atoms with Crippen molar-refractivity contribution in [3.63, 3.8) is 0 Å². The van der Waals surface area contributed by atoms with Crippen LogP contribution in [0.2, 0.25) is 0 Å². The van der Waals surface area contributed by atoms with Crippen molar-refractivity contribution >= 4 is 11.6 Å². The predicted octanol–water partition coefficient (Wildman–Crippen LogP) is 6.74. The Balaban J connectivity index is 1.70. The molecule has 5 atom stereocenters. The molecule has 0 unspecified atom stereocenters. The Hall–Kier alpha value is -2.81. The average molecular weight is 497 g/mol. The highest BCUT2D eigenvalue weighted by molar-refractivity contribution is 5.93. The Morgan fingerprint density at radius 3 is 2.47 bits per heavy atom. The number of Topliss-reactive ketones (excluding diaryl/α,β-unsaturated/α-hetero) is 1. The van der Waals surface area contributed by atoms with Gasteiger partial charge in [-0.05, 0) is 97.6 Å². The Morgan fingerprint density at radius 1 is 1.11 bits per heavy atom. The van der Waals surface area contributed by atoms with Gasteiger partial charge in [0.2, 0.25) is 0 Å². The predicted molar refractivity (Wildman–Crippen MR) is 130 cm³/mol. The molecule has 0 aliphatic heterocycles. The summed E-state index contributed by atoms with van der Waals surface area (Å²) in [4.78, 5) is 25.3. The minimum atomic E-state index is -4.65. The smallest absolute Gasteiger partial charge is 0.457 e. The van der Waals surface area contributed by atoms with Crippen LogP contribution in [0.5, 0.6) is 5.75 Å². The quantitative estimate of drug-likeness (QED) is 0.436. The second kappa shape index (κ2) is 8.64. The fraction of sp³-hybridized carbons (Fsp3) is 0.533. The van der Waals surface area contributed by atoms with Crippen molar-refractivity contribution in [1.82, 2.24) is 0 Å². The summed E-state index contributed by atoms with van der Waals surface area (Å²) >= 11 is 0. The van der Waals surface area contributed by atoms with E-state index in [-0.39, 0.29) is 29.3 Å². The molecular formula is C30H31F3O3. The SMILES string of the molecule is COc1ccc([C@H]2C[C@@]3(C)[C@@H](CC[C@]3(C#CC(F)(F)F)C(C)=O)[C@@H]3CCC4=CC(=O)CCC4=C32)cc1. The molecule has 4 aliphatic carbocycles. The highest BCUT2D eigenvalue weighted by Gasteiger charge is 2.65. The highest BCUT2D eigenvalue weighted by Crippen LogP contribution is 2.69. The van der Waals surface area contributed by atoms with Crippen LogP contribution in [0.1, 0.15) is 70.3 Å². The molecule has 190 valence electrons. The fourth-order valence-corrected chi connectivity index (χ4v) is 7.87. The third-order valence-corrected chi connectivity index (χ3v) is 9.47. The molecular weight excluding hydrogens is 465 g/mol. The topological polar surface area (TPSA) is 43.4 Å². The summed E-state index contributed by atoms with van der Waals surface area (Å²) in [6.45, 7) is 3.41. The molecule has 0 N–H and O–H groups in total. The van der Waals surface area contributed by atoms with Gasteiger partial charge in [-0.3, -0.25) is 9.59 Å². The third-order valence-electron chi connectivity index (χ3n) is 9.47. The normalized spacial score (nSPS) is 33.6. The number of carbonyl (C=O) groups is 2. The number of fused-ring (bicyclic) bond motifs is 4. The van der Waals surface area contributed by atoms with Crippen molar-refractivity contribution in [2.45, 2.75) is 70.9 Å². The van der Waals surface area contributed by atoms with Crippen LogP contribution in [-0.2, 0) is 9.59 Å². The van der Waals surface area contributed by atoms with Gasteiger partial charge in [-0.1, -0.05) is 30.6 Å². The van der Waals surface area contributed by atoms with E-state index in [1.54, 1.807) is 13.2 Å². The van der Waals surface area contributed by atoms with Gasteiger partial charge in [-0.25, -0.2) is 0 Å². The molecule has 0 saturated heterocycles. The number of hydrogen-bond donors (Lipinski definition) is 0. The van der Waals surface area contributed by atoms with Crippen LogP contribution in [0.3, 0.4) is 0 Å². The first-order valence-corrected chi connectivity index (χ1v) is 12.7. The number of methoxy groups -OCH3 is 1. The van der Waals surface area contributed by atoms with Gasteiger partial charge in [0.25, 0.3) is 0 Å². The zero-order chi connectivity index (χ0) is 25.9. The Bertz CT molecular complexity index is 1230. The highest BCUT2D eigenvalue weighted by atomic mass is 19.4. The lowest BCUT2D eigenvalue weighted by Crippen LogP contribution is -2.50. The zero-order valence-electron chi connectivity index (χ0n) is 20.9. The number of rotatable bonds is 3. The molecule has 5 rings (SSSR count). The average Bonchev–Trinajstić information content (AvgIpc) is 3.14. The van der Waals surface area contributed by atoms with Gasteiger partial charge in [0.05, 0.1) is 12.5 Å². The number of carbonyl (C=O) groups excluding carboxylic acids is 2. The van der Waals surface area contributed by atoms with Crippen LogP contribution in [0.25, 0.3) is 0 Å². The summed E-state index contributed by atoms with van der Waals surface area (Å²) in [5, 5.41) is 0. The lowest BCUT2D eigenvalue weighted by Gasteiger charge is -2.54. The summed E-state index contributed by atoms with van der Waals surface area (Å²) in [5.41, 5.74) is 2.75. The van der Waals surface area contributed by atoms with Gasteiger partial charge >= 0.3 is 6.18 Å². The molecule has 36 heavy (non-hydrogen) atoms. The lowest BCUT2D eigenvalue weighted by molar-refractivity contribution is -0.130. The summed E-state index contributed by atoms with van der Waals surface area (Å²) in [5.74, 6) is 4.79. The summed E-state index contributed by atoms with van der Waals surface area (Å²) in [6.07, 6.45) is 1.55. The number of benzene rings is 1. The molecule has 0 heterocycles. The fourth-order valence-electron chi connectivity index (χ4n) is 7.87. The first-order valence-electron chi connectivity index (χ1n) is 12.7. The van der Waals surface area contributed by atoms with Crippen LogP contribution in [0, 0.1) is 34.5 Å². The Labute approximate surface area is 210 Å². The molecule has 6 heteroatoms. The van der Waals surface area contributed by atoms with E-state index in [0.29, 0.717) is 32.1 Å². The molecule has 2 fully saturated rings. The molecule has 0 bridgehead atoms. The second-order valence-electron chi connectivity index (χ2n) is 11.0. The van der Waals surface area contributed by atoms with Crippen LogP contribution in [-0.4, -0.2) is 24.9 Å². The number of halogens is 3. The van der Waals surface area contributed by atoms with Gasteiger partial charge < -0.3 is 4.74 Å². The van der Waals surface area contributed by atoms with Gasteiger partial charge in [0.1, 0.15) is 11.5 Å². The van der Waals surface area contributed by atoms with Crippen molar-refractivity contribution in [2.24, 2.45) is 22.7 Å². The van der Waals surface area contributed by atoms with Gasteiger partial charge in [-0.15, -0.1) is 0 Å². The van der Waals surface area contributed by atoms with Crippen molar-refractivity contribution in [3.8, 4) is 17.6 Å². The second-order valence-corrected chi connectivity index (χ2v) is 11.0. The molecule has 0 radical (unpaired) electrons. The molecule has 4 aliphatic rings. The Morgan fingerprint density at radius 2 is 1.83 bits per heavy atom. The van der Waals surface area contributed by atoms with Crippen LogP contribution in [0.4, 0.5) is 13.2 Å². The van der Waals surface area contributed by atoms with Crippen LogP contribution < -0.4 is 4.74 Å². The van der Waals surface area contributed by atoms with Crippen molar-refractivity contribution in [2.75, 3.05) is 7.11 Å². The number of hydrogen-bond acceptors (Lipinski definition) is 3. The summed E-state index contributed by atoms with van der Waals surface area (Å²) < 4.78 is 45.1. The third kappa shape index (κ3) is 3.83. The first-order chi connectivity index (χ1) is 17.0. The first kappa shape index (κ1) is 24.9. The summed E-state index contributed by atoms with van der Waals surface area (Å²) in [6, 6.07) is 7.86. The van der Waals surface area contributed by atoms with E-state index in [1.165, 1.54) is 24.0 Å². The number of alkyl halides is 3. The van der Waals surface area contributed by atoms with Crippen molar-refractivity contribution in [3.05, 3.63) is 52.6 Å². The van der Waals surface area contributed by atoms with E-state index < -0.39 is 17.0 Å². The van der Waals surface area contributed by atoms with E-state index in [0.717, 1.165) is 29.7 Å². The molecule has 2 saturated carbocycles. The Kier molecular flexibility index (Phi) is 5.97. The number of ether oxygens (including phenoxy) is 1. The van der Waals surface area contributed by atoms with Gasteiger partial charge in [-0.2, -0.15) is 13.2 Å². The molecule has 1 aromatic rings. The van der Waals surface area contributed by atoms with E-state index in [4.69, 9.17) is 4.74 Å². The van der Waals surface area contributed by atoms with E-state index in [2.05, 4.69) is 5.92 Å². The standard InChI is InChI=1S/C30H31F3O3/c1-18(34)29(14-15-30(31,32)33)13-12-26-24-10-6-20-16-21(35)7-11-23(20)27(24)25(17-28(26,29)2)19-4-8-22(36-3)9-5-19/h4-5,8-9,16,24-26H,6-7,10-13,17H2,1-3H3/t24-,25+,26-,28-,29-/m0/s1. The zero-order valence-corrected chi connectivity index (χ0v) is 20.9. The van der Waals surface area contributed by atoms with Gasteiger partial charge in [0.15, 0.2) is 5.78 Å². The maximum absolute atomic E-state index is 13.3. The molecule has 0 aromatic heterocycles. The van der Waals surface area contributed by atoms with Gasteiger partial charge in [0, 0.05) is 18.3 Å². The maximum atomic E-state index is 13.3. The molecule has 1 aromatic carbocycles. The van der Waals surface area contributed by atoms with E-state index in [9.17, 15) is 22.8 Å². The minimum absolute atomic E-state index is 0.0569. The summed E-state index contributed by atoms with van der Waals surface area (Å²) in [7, 11) is 1.61. The minimum Gasteiger partial charge on any atom is -0.497 e. The molecule has 0 spiro atoms. The maximum Gasteiger partial charge on any atom is 0.457 e. The molecule has 3 nitrogen and oxygen atoms in total. The van der Waals surface area contributed by atoms with E-state index >= 15 is 0 Å². The van der Waals surface area contributed by atoms with Crippen LogP contribution in [0.15, 0.2) is 47.1 Å². The molecule has 0 amide bonds. The lowest BCUT2D eigenvalue weighted by atomic mass is 9.48. The monoisotopic (exact) mass is 496 g/mol. The van der Waals surface area contributed by atoms with Crippen LogP contribution >= 0.6 is 0 Å². The number of allylic oxidation sites excluding steroid dienone is 4. The largest absolute Gasteiger partial charge is 0.497 e. The number of ketones is 2. The van der Waals surface area contributed by atoms with Crippen molar-refractivity contribution < 1.29 is 27.5 Å². The van der Waals surface area contributed by atoms with Crippen molar-refractivity contribution in [1.29, 1.82) is 0 Å². The van der Waals surface area contributed by atoms with E-state index in [1.807, 2.05) is 31.2 Å².